The van der Waals surface area contributed by atoms with Crippen LogP contribution in [0.4, 0.5) is 16.2 Å². The number of benzene rings is 4. The second-order valence-electron chi connectivity index (χ2n) is 11.0. The first-order chi connectivity index (χ1) is 20.8. The number of ketones is 1. The van der Waals surface area contributed by atoms with E-state index >= 15 is 0 Å². The number of ether oxygens (including phenoxy) is 1. The number of nitrogens with zero attached hydrogens (tertiary/aromatic N) is 1. The quantitative estimate of drug-likeness (QED) is 0.216. The monoisotopic (exact) mass is 637 g/mol. The van der Waals surface area contributed by atoms with Crippen molar-refractivity contribution >= 4 is 45.0 Å². The van der Waals surface area contributed by atoms with Gasteiger partial charge in [0.15, 0.2) is 11.3 Å². The number of halogens is 1. The molecule has 0 bridgehead atoms. The number of likely N-dealkylation sites (tertiary alicyclic amines) is 1. The van der Waals surface area contributed by atoms with Gasteiger partial charge >= 0.3 is 6.03 Å². The highest BCUT2D eigenvalue weighted by molar-refractivity contribution is 9.10. The highest BCUT2D eigenvalue weighted by Crippen LogP contribution is 2.59. The molecule has 8 heteroatoms. The minimum absolute atomic E-state index is 0.208. The number of hydrogen-bond donors (Lipinski definition) is 2. The molecule has 2 N–H and O–H groups in total. The van der Waals surface area contributed by atoms with Gasteiger partial charge in [0.2, 0.25) is 0 Å². The summed E-state index contributed by atoms with van der Waals surface area (Å²) in [4.78, 5) is 45.4. The molecule has 0 saturated carbocycles. The number of fused-ring (bicyclic) bond motifs is 2. The molecule has 2 aliphatic rings. The minimum atomic E-state index is -1.62. The summed E-state index contributed by atoms with van der Waals surface area (Å²) in [5.74, 6) is -1.38. The van der Waals surface area contributed by atoms with Crippen LogP contribution in [-0.2, 0) is 16.8 Å². The number of carbonyl (C=O) groups excluding carboxylic acids is 3. The first-order valence-corrected chi connectivity index (χ1v) is 15.1. The first-order valence-electron chi connectivity index (χ1n) is 14.3. The first kappa shape index (κ1) is 28.7. The van der Waals surface area contributed by atoms with Gasteiger partial charge in [-0.25, -0.2) is 4.79 Å². The molecule has 0 radical (unpaired) electrons. The zero-order chi connectivity index (χ0) is 30.3. The van der Waals surface area contributed by atoms with Gasteiger partial charge in [0.05, 0.1) is 13.0 Å². The Morgan fingerprint density at radius 1 is 0.977 bits per heavy atom. The van der Waals surface area contributed by atoms with Gasteiger partial charge in [0, 0.05) is 38.9 Å². The third-order valence-corrected chi connectivity index (χ3v) is 9.30. The Morgan fingerprint density at radius 2 is 1.67 bits per heavy atom. The molecule has 43 heavy (non-hydrogen) atoms. The number of methoxy groups -OCH3 is 1. The van der Waals surface area contributed by atoms with Gasteiger partial charge in [-0.2, -0.15) is 0 Å². The topological polar surface area (TPSA) is 87.7 Å². The molecule has 0 aromatic heterocycles. The smallest absolute Gasteiger partial charge is 0.323 e. The summed E-state index contributed by atoms with van der Waals surface area (Å²) in [6.45, 7) is 3.95. The molecule has 2 aliphatic heterocycles. The van der Waals surface area contributed by atoms with Crippen LogP contribution in [0, 0.1) is 5.92 Å². The summed E-state index contributed by atoms with van der Waals surface area (Å²) < 4.78 is 6.15. The van der Waals surface area contributed by atoms with E-state index < -0.39 is 35.4 Å². The normalized spacial score (nSPS) is 22.3. The van der Waals surface area contributed by atoms with Crippen LogP contribution in [0.15, 0.2) is 102 Å². The van der Waals surface area contributed by atoms with Gasteiger partial charge in [-0.1, -0.05) is 83.5 Å². The zero-order valence-electron chi connectivity index (χ0n) is 24.1. The van der Waals surface area contributed by atoms with Crippen molar-refractivity contribution in [1.29, 1.82) is 0 Å². The molecule has 4 unspecified atom stereocenters. The number of aryl methyl sites for hydroxylation is 1. The van der Waals surface area contributed by atoms with E-state index in [2.05, 4.69) is 26.6 Å². The lowest BCUT2D eigenvalue weighted by atomic mass is 9.69. The Labute approximate surface area is 259 Å². The maximum atomic E-state index is 14.8. The van der Waals surface area contributed by atoms with Gasteiger partial charge in [-0.15, -0.1) is 0 Å². The Kier molecular flexibility index (Phi) is 7.56. The Morgan fingerprint density at radius 3 is 2.37 bits per heavy atom. The van der Waals surface area contributed by atoms with Gasteiger partial charge in [0.1, 0.15) is 5.75 Å². The largest absolute Gasteiger partial charge is 0.497 e. The van der Waals surface area contributed by atoms with Crippen molar-refractivity contribution in [2.75, 3.05) is 17.7 Å². The number of carbonyl (C=O) groups is 3. The predicted octanol–water partition coefficient (Wildman–Crippen LogP) is 7.39. The molecule has 4 aromatic rings. The van der Waals surface area contributed by atoms with Crippen molar-refractivity contribution in [3.63, 3.8) is 0 Å². The van der Waals surface area contributed by atoms with Crippen LogP contribution >= 0.6 is 15.9 Å². The van der Waals surface area contributed by atoms with E-state index in [1.54, 1.807) is 24.1 Å². The van der Waals surface area contributed by atoms with Crippen LogP contribution in [0.5, 0.6) is 5.75 Å². The fourth-order valence-corrected chi connectivity index (χ4v) is 7.26. The zero-order valence-corrected chi connectivity index (χ0v) is 25.7. The SMILES string of the molecule is CCc1ccccc1NC(=O)N1C(C)C(c2ccc(OC)cc2)C(C(=O)c2ccccc2)C12C(=O)Nc1ccc(Br)cc12. The summed E-state index contributed by atoms with van der Waals surface area (Å²) in [5, 5.41) is 6.13. The van der Waals surface area contributed by atoms with Crippen molar-refractivity contribution in [2.45, 2.75) is 37.8 Å². The Balaban J connectivity index is 1.61. The average Bonchev–Trinajstić information content (AvgIpc) is 3.47. The Hall–Kier alpha value is -4.43. The number of urea groups is 1. The lowest BCUT2D eigenvalue weighted by Crippen LogP contribution is -2.57. The maximum absolute atomic E-state index is 14.8. The van der Waals surface area contributed by atoms with Gasteiger partial charge in [0.25, 0.3) is 5.91 Å². The fourth-order valence-electron chi connectivity index (χ4n) is 6.90. The molecule has 218 valence electrons. The van der Waals surface area contributed by atoms with E-state index in [1.807, 2.05) is 98.8 Å². The van der Waals surface area contributed by atoms with Crippen LogP contribution in [-0.4, -0.2) is 35.8 Å². The van der Waals surface area contributed by atoms with Crippen LogP contribution in [0.2, 0.25) is 0 Å². The molecule has 4 aromatic carbocycles. The lowest BCUT2D eigenvalue weighted by Gasteiger charge is -2.38. The number of para-hydroxylation sites is 1. The lowest BCUT2D eigenvalue weighted by molar-refractivity contribution is -0.126. The molecule has 3 amide bonds. The second kappa shape index (κ2) is 11.3. The summed E-state index contributed by atoms with van der Waals surface area (Å²) >= 11 is 3.58. The van der Waals surface area contributed by atoms with Gasteiger partial charge < -0.3 is 20.3 Å². The summed E-state index contributed by atoms with van der Waals surface area (Å²) in [6.07, 6.45) is 0.719. The van der Waals surface area contributed by atoms with Crippen LogP contribution in [0.3, 0.4) is 0 Å². The molecular formula is C35H32BrN3O4. The van der Waals surface area contributed by atoms with Crippen molar-refractivity contribution in [3.8, 4) is 5.75 Å². The Bertz CT molecular complexity index is 1710. The molecule has 4 atom stereocenters. The number of amides is 3. The number of nitrogens with one attached hydrogen (secondary N) is 2. The molecule has 1 spiro atoms. The third kappa shape index (κ3) is 4.61. The molecule has 0 aliphatic carbocycles. The summed E-state index contributed by atoms with van der Waals surface area (Å²) in [6, 6.07) is 28.7. The number of anilines is 2. The van der Waals surface area contributed by atoms with Crippen molar-refractivity contribution in [3.05, 3.63) is 124 Å². The van der Waals surface area contributed by atoms with Crippen molar-refractivity contribution in [2.24, 2.45) is 5.92 Å². The van der Waals surface area contributed by atoms with Gasteiger partial charge in [-0.3, -0.25) is 9.59 Å². The highest BCUT2D eigenvalue weighted by Gasteiger charge is 2.69. The standard InChI is InChI=1S/C35H32BrN3O4/c1-4-22-10-8-9-13-28(22)38-34(42)39-21(2)30(23-14-17-26(43-3)18-15-23)31(32(40)24-11-6-5-7-12-24)35(39)27-20-25(36)16-19-29(27)37-33(35)41/h5-21,30-31H,4H2,1-3H3,(H,37,41)(H,38,42). The van der Waals surface area contributed by atoms with Crippen LogP contribution in [0.25, 0.3) is 0 Å². The molecule has 6 rings (SSSR count). The minimum Gasteiger partial charge on any atom is -0.497 e. The average molecular weight is 639 g/mol. The highest BCUT2D eigenvalue weighted by atomic mass is 79.9. The summed E-state index contributed by atoms with van der Waals surface area (Å²) in [7, 11) is 1.60. The molecule has 7 nitrogen and oxygen atoms in total. The molecule has 2 heterocycles. The summed E-state index contributed by atoms with van der Waals surface area (Å²) in [5.41, 5.74) is 2.50. The molecule has 1 fully saturated rings. The van der Waals surface area contributed by atoms with Crippen molar-refractivity contribution in [1.82, 2.24) is 4.90 Å². The van der Waals surface area contributed by atoms with Crippen molar-refractivity contribution < 1.29 is 19.1 Å². The van der Waals surface area contributed by atoms with E-state index in [9.17, 15) is 14.4 Å². The van der Waals surface area contributed by atoms with Crippen LogP contribution in [0.1, 0.15) is 46.8 Å². The van der Waals surface area contributed by atoms with Gasteiger partial charge in [-0.05, 0) is 60.9 Å². The molecule has 1 saturated heterocycles. The van der Waals surface area contributed by atoms with E-state index in [0.717, 1.165) is 22.0 Å². The third-order valence-electron chi connectivity index (χ3n) is 8.80. The fraction of sp³-hybridized carbons (Fsp3) is 0.229. The second-order valence-corrected chi connectivity index (χ2v) is 11.9. The van der Waals surface area contributed by atoms with E-state index in [1.165, 1.54) is 0 Å². The number of Topliss-reactive ketones (excluding diaryl/α,β-unsaturated/α-hetero) is 1. The van der Waals surface area contributed by atoms with E-state index in [-0.39, 0.29) is 5.78 Å². The number of hydrogen-bond acceptors (Lipinski definition) is 4. The number of rotatable bonds is 6. The maximum Gasteiger partial charge on any atom is 0.323 e. The molecular weight excluding hydrogens is 606 g/mol. The van der Waals surface area contributed by atoms with E-state index in [0.29, 0.717) is 28.3 Å². The predicted molar refractivity (Wildman–Crippen MR) is 171 cm³/mol. The van der Waals surface area contributed by atoms with Crippen LogP contribution < -0.4 is 15.4 Å². The van der Waals surface area contributed by atoms with E-state index in [4.69, 9.17) is 4.74 Å².